The fourth-order valence-electron chi connectivity index (χ4n) is 2.53. The van der Waals surface area contributed by atoms with Crippen LogP contribution in [0, 0.1) is 0 Å². The van der Waals surface area contributed by atoms with Crippen LogP contribution in [-0.4, -0.2) is 16.1 Å². The lowest BCUT2D eigenvalue weighted by molar-refractivity contribution is 0.659. The van der Waals surface area contributed by atoms with Crippen molar-refractivity contribution in [1.29, 1.82) is 0 Å². The molecule has 1 aliphatic carbocycles. The second-order valence-corrected chi connectivity index (χ2v) is 6.12. The maximum Gasteiger partial charge on any atom is 0.109 e. The summed E-state index contributed by atoms with van der Waals surface area (Å²) in [4.78, 5) is 7.43. The number of rotatable bonds is 5. The van der Waals surface area contributed by atoms with Crippen LogP contribution in [0.15, 0.2) is 18.5 Å². The molecule has 0 unspecified atom stereocenters. The van der Waals surface area contributed by atoms with E-state index in [-0.39, 0.29) is 0 Å². The molecule has 0 atom stereocenters. The third-order valence-corrected chi connectivity index (χ3v) is 4.78. The Hall–Kier alpha value is -1.13. The number of aromatic nitrogens is 2. The molecule has 0 amide bonds. The van der Waals surface area contributed by atoms with Crippen LogP contribution in [0.3, 0.4) is 0 Å². The summed E-state index contributed by atoms with van der Waals surface area (Å²) in [5.74, 6) is 1.15. The van der Waals surface area contributed by atoms with Gasteiger partial charge in [0, 0.05) is 48.7 Å². The second-order valence-electron chi connectivity index (χ2n) is 4.90. The molecule has 2 heterocycles. The monoisotopic (exact) mass is 261 g/mol. The molecule has 0 fully saturated rings. The predicted molar refractivity (Wildman–Crippen MR) is 75.0 cm³/mol. The highest BCUT2D eigenvalue weighted by Gasteiger charge is 2.14. The number of nitrogens with zero attached hydrogens (tertiary/aromatic N) is 2. The maximum absolute atomic E-state index is 4.33. The highest BCUT2D eigenvalue weighted by molar-refractivity contribution is 7.12. The Labute approximate surface area is 112 Å². The van der Waals surface area contributed by atoms with Gasteiger partial charge < -0.3 is 9.88 Å². The maximum atomic E-state index is 4.33. The van der Waals surface area contributed by atoms with Crippen LogP contribution < -0.4 is 5.32 Å². The van der Waals surface area contributed by atoms with Gasteiger partial charge in [-0.2, -0.15) is 0 Å². The molecule has 3 nitrogen and oxygen atoms in total. The summed E-state index contributed by atoms with van der Waals surface area (Å²) in [5.41, 5.74) is 1.60. The van der Waals surface area contributed by atoms with Gasteiger partial charge in [0.15, 0.2) is 0 Å². The summed E-state index contributed by atoms with van der Waals surface area (Å²) in [6.07, 6.45) is 8.80. The molecule has 0 saturated carbocycles. The van der Waals surface area contributed by atoms with Crippen molar-refractivity contribution in [1.82, 2.24) is 14.9 Å². The first-order valence-corrected chi connectivity index (χ1v) is 7.42. The summed E-state index contributed by atoms with van der Waals surface area (Å²) in [6, 6.07) is 2.39. The van der Waals surface area contributed by atoms with Crippen LogP contribution in [0.4, 0.5) is 0 Å². The Bertz CT molecular complexity index is 505. The van der Waals surface area contributed by atoms with Gasteiger partial charge in [0.2, 0.25) is 0 Å². The number of nitrogens with one attached hydrogen (secondary N) is 1. The first kappa shape index (κ1) is 11.9. The number of hydrogen-bond donors (Lipinski definition) is 1. The Kier molecular flexibility index (Phi) is 3.48. The van der Waals surface area contributed by atoms with Crippen LogP contribution in [0.2, 0.25) is 0 Å². The molecule has 0 saturated heterocycles. The topological polar surface area (TPSA) is 29.9 Å². The van der Waals surface area contributed by atoms with Crippen molar-refractivity contribution in [3.05, 3.63) is 39.6 Å². The predicted octanol–water partition coefficient (Wildman–Crippen LogP) is 2.30. The van der Waals surface area contributed by atoms with Gasteiger partial charge in [-0.05, 0) is 30.9 Å². The number of hydrogen-bond acceptors (Lipinski definition) is 3. The van der Waals surface area contributed by atoms with E-state index in [9.17, 15) is 0 Å². The first-order valence-electron chi connectivity index (χ1n) is 6.60. The number of aryl methyl sites for hydroxylation is 3. The van der Waals surface area contributed by atoms with Crippen LogP contribution in [0.25, 0.3) is 0 Å². The van der Waals surface area contributed by atoms with Crippen molar-refractivity contribution in [2.45, 2.75) is 32.2 Å². The van der Waals surface area contributed by atoms with Gasteiger partial charge in [0.25, 0.3) is 0 Å². The molecule has 1 N–H and O–H groups in total. The third-order valence-electron chi connectivity index (χ3n) is 3.54. The molecule has 3 rings (SSSR count). The minimum atomic E-state index is 0.993. The molecule has 96 valence electrons. The van der Waals surface area contributed by atoms with Crippen LogP contribution in [0.1, 0.15) is 27.6 Å². The quantitative estimate of drug-likeness (QED) is 0.837. The number of imidazole rings is 1. The lowest BCUT2D eigenvalue weighted by atomic mass is 10.2. The van der Waals surface area contributed by atoms with Gasteiger partial charge >= 0.3 is 0 Å². The Balaban J connectivity index is 1.46. The zero-order valence-electron chi connectivity index (χ0n) is 10.8. The van der Waals surface area contributed by atoms with Crippen LogP contribution >= 0.6 is 11.3 Å². The lowest BCUT2D eigenvalue weighted by Gasteiger charge is -2.03. The molecule has 1 aliphatic rings. The van der Waals surface area contributed by atoms with Gasteiger partial charge in [0.05, 0.1) is 0 Å². The Morgan fingerprint density at radius 1 is 1.44 bits per heavy atom. The molecule has 0 aromatic carbocycles. The molecule has 0 aliphatic heterocycles. The summed E-state index contributed by atoms with van der Waals surface area (Å²) in [5, 5.41) is 3.51. The zero-order valence-corrected chi connectivity index (χ0v) is 11.6. The largest absolute Gasteiger partial charge is 0.338 e. The van der Waals surface area contributed by atoms with Crippen molar-refractivity contribution in [3.63, 3.8) is 0 Å². The average molecular weight is 261 g/mol. The number of fused-ring (bicyclic) bond motifs is 1. The molecular weight excluding hydrogens is 242 g/mol. The Morgan fingerprint density at radius 3 is 3.17 bits per heavy atom. The van der Waals surface area contributed by atoms with Crippen molar-refractivity contribution in [3.8, 4) is 0 Å². The van der Waals surface area contributed by atoms with Crippen molar-refractivity contribution in [2.75, 3.05) is 6.54 Å². The summed E-state index contributed by atoms with van der Waals surface area (Å²) < 4.78 is 2.08. The summed E-state index contributed by atoms with van der Waals surface area (Å²) in [6.45, 7) is 2.00. The molecule has 18 heavy (non-hydrogen) atoms. The molecule has 0 spiro atoms. The molecule has 0 radical (unpaired) electrons. The van der Waals surface area contributed by atoms with E-state index in [0.29, 0.717) is 0 Å². The smallest absolute Gasteiger partial charge is 0.109 e. The van der Waals surface area contributed by atoms with E-state index >= 15 is 0 Å². The first-order chi connectivity index (χ1) is 8.83. The highest BCUT2D eigenvalue weighted by Crippen LogP contribution is 2.30. The van der Waals surface area contributed by atoms with Crippen molar-refractivity contribution < 1.29 is 0 Å². The third kappa shape index (κ3) is 2.49. The van der Waals surface area contributed by atoms with Crippen molar-refractivity contribution in [2.24, 2.45) is 7.05 Å². The second kappa shape index (κ2) is 5.24. The summed E-state index contributed by atoms with van der Waals surface area (Å²) >= 11 is 1.99. The molecule has 2 aromatic heterocycles. The normalized spacial score (nSPS) is 14.1. The molecular formula is C14H19N3S. The van der Waals surface area contributed by atoms with Crippen LogP contribution in [-0.2, 0) is 32.9 Å². The standard InChI is InChI=1S/C14H19N3S/c1-17-8-7-16-14(17)5-6-15-10-12-9-11-3-2-4-13(11)18-12/h7-9,15H,2-6,10H2,1H3. The van der Waals surface area contributed by atoms with Gasteiger partial charge in [-0.1, -0.05) is 0 Å². The molecule has 4 heteroatoms. The minimum absolute atomic E-state index is 0.993. The molecule has 0 bridgehead atoms. The van der Waals surface area contributed by atoms with Gasteiger partial charge in [0.1, 0.15) is 5.82 Å². The van der Waals surface area contributed by atoms with Gasteiger partial charge in [-0.3, -0.25) is 0 Å². The average Bonchev–Trinajstić information content (AvgIpc) is 3.00. The Morgan fingerprint density at radius 2 is 2.39 bits per heavy atom. The zero-order chi connectivity index (χ0) is 12.4. The number of thiophene rings is 1. The molecule has 2 aromatic rings. The fourth-order valence-corrected chi connectivity index (χ4v) is 3.76. The van der Waals surface area contributed by atoms with E-state index in [4.69, 9.17) is 0 Å². The van der Waals surface area contributed by atoms with Crippen molar-refractivity contribution >= 4 is 11.3 Å². The SMILES string of the molecule is Cn1ccnc1CCNCc1cc2c(s1)CCC2. The van der Waals surface area contributed by atoms with E-state index in [1.54, 1.807) is 10.4 Å². The van der Waals surface area contributed by atoms with E-state index in [0.717, 1.165) is 25.3 Å². The van der Waals surface area contributed by atoms with Crippen LogP contribution in [0.5, 0.6) is 0 Å². The van der Waals surface area contributed by atoms with E-state index < -0.39 is 0 Å². The van der Waals surface area contributed by atoms with Gasteiger partial charge in [-0.15, -0.1) is 11.3 Å². The highest BCUT2D eigenvalue weighted by atomic mass is 32.1. The van der Waals surface area contributed by atoms with E-state index in [2.05, 4.69) is 20.9 Å². The van der Waals surface area contributed by atoms with E-state index in [1.165, 1.54) is 24.1 Å². The van der Waals surface area contributed by atoms with E-state index in [1.807, 2.05) is 30.8 Å². The lowest BCUT2D eigenvalue weighted by Crippen LogP contribution is -2.17. The fraction of sp³-hybridized carbons (Fsp3) is 0.500. The minimum Gasteiger partial charge on any atom is -0.338 e. The van der Waals surface area contributed by atoms with Gasteiger partial charge in [-0.25, -0.2) is 4.98 Å². The summed E-state index contributed by atoms with van der Waals surface area (Å²) in [7, 11) is 2.05.